The monoisotopic (exact) mass is 260 g/mol. The summed E-state index contributed by atoms with van der Waals surface area (Å²) in [6.45, 7) is 1.29. The van der Waals surface area contributed by atoms with Crippen LogP contribution in [0.15, 0.2) is 30.3 Å². The quantitative estimate of drug-likeness (QED) is 0.726. The Kier molecular flexibility index (Phi) is 7.30. The molecular weight excluding hydrogens is 240 g/mol. The number of nitriles is 1. The third-order valence-corrected chi connectivity index (χ3v) is 2.83. The Bertz CT molecular complexity index is 412. The van der Waals surface area contributed by atoms with E-state index >= 15 is 0 Å². The molecule has 0 radical (unpaired) electrons. The van der Waals surface area contributed by atoms with Crippen molar-refractivity contribution >= 4 is 5.91 Å². The van der Waals surface area contributed by atoms with E-state index in [0.29, 0.717) is 19.6 Å². The molecule has 19 heavy (non-hydrogen) atoms. The Hall–Kier alpha value is -1.86. The van der Waals surface area contributed by atoms with Gasteiger partial charge in [0.05, 0.1) is 6.07 Å². The van der Waals surface area contributed by atoms with Crippen molar-refractivity contribution in [3.63, 3.8) is 0 Å². The number of carbonyl (C=O) groups excluding carboxylic acids is 1. The Morgan fingerprint density at radius 1 is 1.37 bits per heavy atom. The lowest BCUT2D eigenvalue weighted by Gasteiger charge is -2.10. The number of hydrogen-bond acceptors (Lipinski definition) is 3. The van der Waals surface area contributed by atoms with Crippen LogP contribution in [0.2, 0.25) is 0 Å². The standard InChI is InChI=1S/C15H20N2O2/c1-19-10-6-5-9-17-15(18)14(12-16)11-13-7-3-2-4-8-13/h2-4,7-8,14H,5-6,9-11H2,1H3,(H,17,18). The normalized spacial score (nSPS) is 11.6. The van der Waals surface area contributed by atoms with Crippen LogP contribution in [0, 0.1) is 17.2 Å². The molecule has 0 saturated carbocycles. The fraction of sp³-hybridized carbons (Fsp3) is 0.467. The lowest BCUT2D eigenvalue weighted by molar-refractivity contribution is -0.123. The number of benzene rings is 1. The molecule has 1 atom stereocenters. The zero-order valence-corrected chi connectivity index (χ0v) is 11.3. The van der Waals surface area contributed by atoms with Crippen molar-refractivity contribution in [1.29, 1.82) is 5.26 Å². The third kappa shape index (κ3) is 6.03. The summed E-state index contributed by atoms with van der Waals surface area (Å²) in [6.07, 6.45) is 2.23. The van der Waals surface area contributed by atoms with E-state index < -0.39 is 5.92 Å². The third-order valence-electron chi connectivity index (χ3n) is 2.83. The van der Waals surface area contributed by atoms with Gasteiger partial charge in [-0.15, -0.1) is 0 Å². The Balaban J connectivity index is 2.34. The molecule has 0 aliphatic heterocycles. The fourth-order valence-electron chi connectivity index (χ4n) is 1.75. The lowest BCUT2D eigenvalue weighted by atomic mass is 10.00. The van der Waals surface area contributed by atoms with Crippen LogP contribution in [-0.2, 0) is 16.0 Å². The highest BCUT2D eigenvalue weighted by atomic mass is 16.5. The first-order valence-corrected chi connectivity index (χ1v) is 6.48. The molecule has 0 aliphatic carbocycles. The average molecular weight is 260 g/mol. The van der Waals surface area contributed by atoms with E-state index in [1.165, 1.54) is 0 Å². The average Bonchev–Trinajstić information content (AvgIpc) is 2.45. The van der Waals surface area contributed by atoms with E-state index in [1.54, 1.807) is 7.11 Å². The van der Waals surface area contributed by atoms with Crippen molar-refractivity contribution in [2.45, 2.75) is 19.3 Å². The summed E-state index contributed by atoms with van der Waals surface area (Å²) in [5.74, 6) is -0.811. The summed E-state index contributed by atoms with van der Waals surface area (Å²) in [5.41, 5.74) is 1.00. The molecule has 1 N–H and O–H groups in total. The minimum atomic E-state index is -0.621. The van der Waals surface area contributed by atoms with Gasteiger partial charge >= 0.3 is 0 Å². The van der Waals surface area contributed by atoms with E-state index in [2.05, 4.69) is 11.4 Å². The van der Waals surface area contributed by atoms with Gasteiger partial charge in [0.1, 0.15) is 5.92 Å². The van der Waals surface area contributed by atoms with Crippen molar-refractivity contribution in [3.8, 4) is 6.07 Å². The maximum absolute atomic E-state index is 11.8. The van der Waals surface area contributed by atoms with Crippen molar-refractivity contribution in [2.75, 3.05) is 20.3 Å². The van der Waals surface area contributed by atoms with Crippen LogP contribution in [0.5, 0.6) is 0 Å². The molecule has 4 heteroatoms. The van der Waals surface area contributed by atoms with E-state index in [0.717, 1.165) is 18.4 Å². The van der Waals surface area contributed by atoms with Crippen LogP contribution in [0.1, 0.15) is 18.4 Å². The van der Waals surface area contributed by atoms with Crippen molar-refractivity contribution in [3.05, 3.63) is 35.9 Å². The number of hydrogen-bond donors (Lipinski definition) is 1. The summed E-state index contributed by atoms with van der Waals surface area (Å²) in [4.78, 5) is 11.8. The fourth-order valence-corrected chi connectivity index (χ4v) is 1.75. The van der Waals surface area contributed by atoms with Gasteiger partial charge in [-0.3, -0.25) is 4.79 Å². The molecule has 1 amide bonds. The molecule has 0 saturated heterocycles. The summed E-state index contributed by atoms with van der Waals surface area (Å²) in [5, 5.41) is 11.9. The molecule has 0 fully saturated rings. The van der Waals surface area contributed by atoms with Gasteiger partial charge in [0.25, 0.3) is 0 Å². The first-order valence-electron chi connectivity index (χ1n) is 6.48. The van der Waals surface area contributed by atoms with Crippen LogP contribution in [0.3, 0.4) is 0 Å². The molecule has 0 bridgehead atoms. The number of rotatable bonds is 8. The summed E-state index contributed by atoms with van der Waals surface area (Å²) >= 11 is 0. The maximum atomic E-state index is 11.8. The second-order valence-electron chi connectivity index (χ2n) is 4.36. The van der Waals surface area contributed by atoms with Crippen LogP contribution in [-0.4, -0.2) is 26.2 Å². The van der Waals surface area contributed by atoms with Gasteiger partial charge in [-0.25, -0.2) is 0 Å². The highest BCUT2D eigenvalue weighted by Gasteiger charge is 2.17. The largest absolute Gasteiger partial charge is 0.385 e. The molecule has 1 aromatic carbocycles. The lowest BCUT2D eigenvalue weighted by Crippen LogP contribution is -2.32. The molecular formula is C15H20N2O2. The van der Waals surface area contributed by atoms with Gasteiger partial charge in [0.2, 0.25) is 5.91 Å². The molecule has 1 unspecified atom stereocenters. The number of ether oxygens (including phenoxy) is 1. The first-order chi connectivity index (χ1) is 9.27. The van der Waals surface area contributed by atoms with E-state index in [9.17, 15) is 4.79 Å². The summed E-state index contributed by atoms with van der Waals surface area (Å²) in [7, 11) is 1.66. The number of amides is 1. The molecule has 102 valence electrons. The summed E-state index contributed by atoms with van der Waals surface area (Å²) in [6, 6.07) is 11.7. The number of nitrogens with one attached hydrogen (secondary N) is 1. The minimum Gasteiger partial charge on any atom is -0.385 e. The van der Waals surface area contributed by atoms with Gasteiger partial charge in [0, 0.05) is 20.3 Å². The highest BCUT2D eigenvalue weighted by molar-refractivity contribution is 5.81. The zero-order chi connectivity index (χ0) is 13.9. The second-order valence-corrected chi connectivity index (χ2v) is 4.36. The molecule has 0 aliphatic rings. The van der Waals surface area contributed by atoms with Crippen LogP contribution in [0.25, 0.3) is 0 Å². The van der Waals surface area contributed by atoms with Gasteiger partial charge in [0.15, 0.2) is 0 Å². The topological polar surface area (TPSA) is 62.1 Å². The van der Waals surface area contributed by atoms with Gasteiger partial charge < -0.3 is 10.1 Å². The predicted molar refractivity (Wildman–Crippen MR) is 73.4 cm³/mol. The number of methoxy groups -OCH3 is 1. The minimum absolute atomic E-state index is 0.191. The van der Waals surface area contributed by atoms with Crippen LogP contribution in [0.4, 0.5) is 0 Å². The van der Waals surface area contributed by atoms with Crippen molar-refractivity contribution < 1.29 is 9.53 Å². The molecule has 1 aromatic rings. The van der Waals surface area contributed by atoms with Gasteiger partial charge in [-0.1, -0.05) is 30.3 Å². The molecule has 0 aromatic heterocycles. The second kappa shape index (κ2) is 9.12. The summed E-state index contributed by atoms with van der Waals surface area (Å²) < 4.78 is 4.93. The smallest absolute Gasteiger partial charge is 0.237 e. The van der Waals surface area contributed by atoms with E-state index in [1.807, 2.05) is 30.3 Å². The molecule has 0 heterocycles. The maximum Gasteiger partial charge on any atom is 0.237 e. The Morgan fingerprint density at radius 2 is 2.11 bits per heavy atom. The van der Waals surface area contributed by atoms with Gasteiger partial charge in [-0.05, 0) is 24.8 Å². The first kappa shape index (κ1) is 15.2. The number of carbonyl (C=O) groups is 1. The molecule has 4 nitrogen and oxygen atoms in total. The van der Waals surface area contributed by atoms with E-state index in [-0.39, 0.29) is 5.91 Å². The zero-order valence-electron chi connectivity index (χ0n) is 11.3. The van der Waals surface area contributed by atoms with Crippen molar-refractivity contribution in [1.82, 2.24) is 5.32 Å². The van der Waals surface area contributed by atoms with Crippen LogP contribution >= 0.6 is 0 Å². The highest BCUT2D eigenvalue weighted by Crippen LogP contribution is 2.08. The Morgan fingerprint density at radius 3 is 2.74 bits per heavy atom. The molecule has 1 rings (SSSR count). The van der Waals surface area contributed by atoms with Crippen molar-refractivity contribution in [2.24, 2.45) is 5.92 Å². The number of unbranched alkanes of at least 4 members (excludes halogenated alkanes) is 1. The molecule has 0 spiro atoms. The van der Waals surface area contributed by atoms with Gasteiger partial charge in [-0.2, -0.15) is 5.26 Å². The van der Waals surface area contributed by atoms with E-state index in [4.69, 9.17) is 10.00 Å². The predicted octanol–water partition coefficient (Wildman–Crippen LogP) is 1.91. The Labute approximate surface area is 114 Å². The number of nitrogens with zero attached hydrogens (tertiary/aromatic N) is 1. The van der Waals surface area contributed by atoms with Crippen LogP contribution < -0.4 is 5.32 Å². The SMILES string of the molecule is COCCCCNC(=O)C(C#N)Cc1ccccc1.